The SMILES string of the molecule is CCOC(=O)c1cnn(-c2cccc(-c3ccccc3OC(F)(F)c3ccc(Br)cc3)n2)c1C(F)(F)F. The molecule has 0 radical (unpaired) electrons. The van der Waals surface area contributed by atoms with Gasteiger partial charge in [-0.1, -0.05) is 34.1 Å². The van der Waals surface area contributed by atoms with E-state index in [0.717, 1.165) is 6.20 Å². The van der Waals surface area contributed by atoms with Gasteiger partial charge in [0, 0.05) is 10.0 Å². The molecule has 0 saturated heterocycles. The van der Waals surface area contributed by atoms with Crippen LogP contribution in [0.2, 0.25) is 0 Å². The van der Waals surface area contributed by atoms with Crippen LogP contribution in [0.25, 0.3) is 17.1 Å². The van der Waals surface area contributed by atoms with Crippen molar-refractivity contribution in [2.24, 2.45) is 0 Å². The Kier molecular flexibility index (Phi) is 7.30. The van der Waals surface area contributed by atoms with Crippen LogP contribution in [0.1, 0.15) is 28.5 Å². The van der Waals surface area contributed by atoms with E-state index in [4.69, 9.17) is 9.47 Å². The third kappa shape index (κ3) is 5.63. The molecule has 0 spiro atoms. The molecule has 0 N–H and O–H groups in total. The molecule has 4 rings (SSSR count). The minimum atomic E-state index is -4.97. The van der Waals surface area contributed by atoms with Crippen LogP contribution < -0.4 is 4.74 Å². The lowest BCUT2D eigenvalue weighted by Crippen LogP contribution is -2.22. The summed E-state index contributed by atoms with van der Waals surface area (Å²) >= 11 is 3.18. The number of carbonyl (C=O) groups is 1. The zero-order chi connectivity index (χ0) is 26.8. The van der Waals surface area contributed by atoms with Gasteiger partial charge in [0.2, 0.25) is 0 Å². The van der Waals surface area contributed by atoms with E-state index in [1.165, 1.54) is 67.6 Å². The molecule has 0 fully saturated rings. The molecule has 0 aliphatic carbocycles. The van der Waals surface area contributed by atoms with E-state index in [1.54, 1.807) is 6.07 Å². The second-order valence-corrected chi connectivity index (χ2v) is 8.46. The van der Waals surface area contributed by atoms with Gasteiger partial charge in [-0.3, -0.25) is 0 Å². The number of alkyl halides is 5. The summed E-state index contributed by atoms with van der Waals surface area (Å²) in [6.45, 7) is 1.33. The fourth-order valence-electron chi connectivity index (χ4n) is 3.45. The number of hydrogen-bond donors (Lipinski definition) is 0. The smallest absolute Gasteiger partial charge is 0.434 e. The van der Waals surface area contributed by atoms with E-state index in [-0.39, 0.29) is 29.4 Å². The quantitative estimate of drug-likeness (QED) is 0.173. The van der Waals surface area contributed by atoms with E-state index in [1.807, 2.05) is 0 Å². The summed E-state index contributed by atoms with van der Waals surface area (Å²) in [4.78, 5) is 16.3. The third-order valence-electron chi connectivity index (χ3n) is 5.07. The molecule has 4 aromatic rings. The average Bonchev–Trinajstić information content (AvgIpc) is 3.31. The van der Waals surface area contributed by atoms with Gasteiger partial charge in [0.05, 0.1) is 24.1 Å². The number of halogens is 6. The molecular formula is C25H17BrF5N3O3. The van der Waals surface area contributed by atoms with Crippen molar-refractivity contribution in [2.75, 3.05) is 6.61 Å². The average molecular weight is 582 g/mol. The predicted molar refractivity (Wildman–Crippen MR) is 126 cm³/mol. The van der Waals surface area contributed by atoms with Crippen molar-refractivity contribution in [3.8, 4) is 22.8 Å². The molecule has 0 atom stereocenters. The summed E-state index contributed by atoms with van der Waals surface area (Å²) in [5.41, 5.74) is -2.40. The number of benzene rings is 2. The Labute approximate surface area is 215 Å². The fraction of sp³-hybridized carbons (Fsp3) is 0.160. The number of ether oxygens (including phenoxy) is 2. The molecule has 12 heteroatoms. The molecule has 0 amide bonds. The van der Waals surface area contributed by atoms with Crippen LogP contribution in [-0.4, -0.2) is 27.3 Å². The highest BCUT2D eigenvalue weighted by molar-refractivity contribution is 9.10. The highest BCUT2D eigenvalue weighted by Crippen LogP contribution is 2.38. The molecule has 2 aromatic heterocycles. The van der Waals surface area contributed by atoms with Crippen molar-refractivity contribution < 1.29 is 36.2 Å². The Morgan fingerprint density at radius 3 is 2.35 bits per heavy atom. The molecule has 0 saturated carbocycles. The van der Waals surface area contributed by atoms with Crippen molar-refractivity contribution in [2.45, 2.75) is 19.2 Å². The minimum absolute atomic E-state index is 0.0426. The molecule has 6 nitrogen and oxygen atoms in total. The lowest BCUT2D eigenvalue weighted by molar-refractivity contribution is -0.185. The Bertz CT molecular complexity index is 1420. The van der Waals surface area contributed by atoms with Gasteiger partial charge in [-0.05, 0) is 55.5 Å². The third-order valence-corrected chi connectivity index (χ3v) is 5.59. The van der Waals surface area contributed by atoms with Gasteiger partial charge in [-0.15, -0.1) is 0 Å². The van der Waals surface area contributed by atoms with E-state index < -0.39 is 35.1 Å². The van der Waals surface area contributed by atoms with Gasteiger partial charge in [0.15, 0.2) is 11.5 Å². The second kappa shape index (κ2) is 10.3. The summed E-state index contributed by atoms with van der Waals surface area (Å²) in [6.07, 6.45) is -7.94. The van der Waals surface area contributed by atoms with Crippen molar-refractivity contribution in [1.29, 1.82) is 0 Å². The number of carbonyl (C=O) groups excluding carboxylic acids is 1. The van der Waals surface area contributed by atoms with E-state index >= 15 is 0 Å². The van der Waals surface area contributed by atoms with Gasteiger partial charge in [0.1, 0.15) is 11.3 Å². The largest absolute Gasteiger partial charge is 0.462 e. The summed E-state index contributed by atoms with van der Waals surface area (Å²) in [6, 6.07) is 15.1. The van der Waals surface area contributed by atoms with Crippen molar-refractivity contribution in [3.05, 3.63) is 94.2 Å². The van der Waals surface area contributed by atoms with Crippen LogP contribution in [0.4, 0.5) is 22.0 Å². The standard InChI is InChI=1S/C25H17BrF5N3O3/c1-2-36-23(35)18-14-32-34(22(18)24(27,28)29)21-9-5-7-19(33-21)17-6-3-4-8-20(17)37-25(30,31)15-10-12-16(26)13-11-15/h3-14H,2H2,1H3. The topological polar surface area (TPSA) is 66.2 Å². The maximum Gasteiger partial charge on any atom is 0.434 e. The Balaban J connectivity index is 1.75. The fourth-order valence-corrected chi connectivity index (χ4v) is 3.72. The van der Waals surface area contributed by atoms with E-state index in [9.17, 15) is 26.7 Å². The van der Waals surface area contributed by atoms with Crippen molar-refractivity contribution in [1.82, 2.24) is 14.8 Å². The first kappa shape index (κ1) is 26.3. The molecule has 0 aliphatic rings. The lowest BCUT2D eigenvalue weighted by atomic mass is 10.1. The monoisotopic (exact) mass is 581 g/mol. The lowest BCUT2D eigenvalue weighted by Gasteiger charge is -2.20. The summed E-state index contributed by atoms with van der Waals surface area (Å²) < 4.78 is 82.3. The van der Waals surface area contributed by atoms with Crippen LogP contribution >= 0.6 is 15.9 Å². The minimum Gasteiger partial charge on any atom is -0.462 e. The maximum absolute atomic E-state index is 14.9. The number of esters is 1. The van der Waals surface area contributed by atoms with Crippen LogP contribution in [0.15, 0.2) is 77.4 Å². The molecule has 192 valence electrons. The number of rotatable bonds is 7. The predicted octanol–water partition coefficient (Wildman–Crippen LogP) is 7.02. The molecule has 37 heavy (non-hydrogen) atoms. The Morgan fingerprint density at radius 1 is 0.973 bits per heavy atom. The first-order chi connectivity index (χ1) is 17.5. The number of para-hydroxylation sites is 1. The highest BCUT2D eigenvalue weighted by Gasteiger charge is 2.41. The summed E-state index contributed by atoms with van der Waals surface area (Å²) in [5.74, 6) is -1.73. The summed E-state index contributed by atoms with van der Waals surface area (Å²) in [5, 5.41) is 3.70. The first-order valence-corrected chi connectivity index (χ1v) is 11.5. The van der Waals surface area contributed by atoms with Crippen LogP contribution in [-0.2, 0) is 17.0 Å². The van der Waals surface area contributed by atoms with E-state index in [2.05, 4.69) is 26.0 Å². The van der Waals surface area contributed by atoms with Crippen molar-refractivity contribution in [3.63, 3.8) is 0 Å². The Morgan fingerprint density at radius 2 is 1.68 bits per heavy atom. The van der Waals surface area contributed by atoms with E-state index in [0.29, 0.717) is 9.15 Å². The zero-order valence-corrected chi connectivity index (χ0v) is 20.6. The molecule has 0 aliphatic heterocycles. The van der Waals surface area contributed by atoms with Gasteiger partial charge in [0.25, 0.3) is 0 Å². The molecule has 0 bridgehead atoms. The van der Waals surface area contributed by atoms with Gasteiger partial charge >= 0.3 is 18.3 Å². The van der Waals surface area contributed by atoms with Crippen molar-refractivity contribution >= 4 is 21.9 Å². The van der Waals surface area contributed by atoms with Crippen LogP contribution in [0.5, 0.6) is 5.75 Å². The molecule has 2 heterocycles. The first-order valence-electron chi connectivity index (χ1n) is 10.7. The number of nitrogens with zero attached hydrogens (tertiary/aromatic N) is 3. The van der Waals surface area contributed by atoms with Crippen LogP contribution in [0, 0.1) is 0 Å². The maximum atomic E-state index is 14.9. The zero-order valence-electron chi connectivity index (χ0n) is 19.0. The van der Waals surface area contributed by atoms with Gasteiger partial charge < -0.3 is 9.47 Å². The number of hydrogen-bond acceptors (Lipinski definition) is 5. The van der Waals surface area contributed by atoms with Gasteiger partial charge in [-0.25, -0.2) is 14.5 Å². The normalized spacial score (nSPS) is 11.9. The number of aromatic nitrogens is 3. The number of pyridine rings is 1. The highest BCUT2D eigenvalue weighted by atomic mass is 79.9. The Hall–Kier alpha value is -3.80. The molecule has 2 aromatic carbocycles. The molecular weight excluding hydrogens is 565 g/mol. The van der Waals surface area contributed by atoms with Crippen LogP contribution in [0.3, 0.4) is 0 Å². The second-order valence-electron chi connectivity index (χ2n) is 7.54. The molecule has 0 unspecified atom stereocenters. The summed E-state index contributed by atoms with van der Waals surface area (Å²) in [7, 11) is 0. The van der Waals surface area contributed by atoms with Gasteiger partial charge in [-0.2, -0.15) is 27.1 Å².